The van der Waals surface area contributed by atoms with Crippen molar-refractivity contribution < 1.29 is 23.1 Å². The molecule has 6 nitrogen and oxygen atoms in total. The first-order valence-corrected chi connectivity index (χ1v) is 12.1. The minimum Gasteiger partial charge on any atom is -0.466 e. The van der Waals surface area contributed by atoms with E-state index >= 15 is 0 Å². The summed E-state index contributed by atoms with van der Waals surface area (Å²) in [6, 6.07) is 10.8. The minimum atomic E-state index is -0.549. The molecule has 0 unspecified atom stereocenters. The van der Waals surface area contributed by atoms with Gasteiger partial charge in [0.15, 0.2) is 0 Å². The molecule has 2 atom stereocenters. The predicted octanol–water partition coefficient (Wildman–Crippen LogP) is 5.23. The number of carbonyl (C=O) groups is 2. The summed E-state index contributed by atoms with van der Waals surface area (Å²) >= 11 is 6.23. The van der Waals surface area contributed by atoms with Crippen LogP contribution in [0.2, 0.25) is 5.02 Å². The Bertz CT molecular complexity index is 1320. The lowest BCUT2D eigenvalue weighted by molar-refractivity contribution is -0.151. The third-order valence-corrected chi connectivity index (χ3v) is 6.66. The fraction of sp³-hybridized carbons (Fsp3) is 0.370. The number of benzene rings is 2. The number of fused-ring (bicyclic) bond motifs is 1. The maximum Gasteiger partial charge on any atom is 0.336 e. The minimum absolute atomic E-state index is 0.0209. The Labute approximate surface area is 207 Å². The van der Waals surface area contributed by atoms with Gasteiger partial charge in [-0.3, -0.25) is 9.59 Å². The van der Waals surface area contributed by atoms with Gasteiger partial charge in [0.25, 0.3) is 0 Å². The smallest absolute Gasteiger partial charge is 0.336 e. The SMILES string of the molecule is CCOC(=O)[C@H]1CCCN(C(=O)[C@H](C)Cc2ccc3c(-c4ccc(F)cc4Cl)cc(=O)oc3c2)C1. The van der Waals surface area contributed by atoms with Gasteiger partial charge in [-0.1, -0.05) is 30.7 Å². The van der Waals surface area contributed by atoms with E-state index in [9.17, 15) is 18.8 Å². The number of halogens is 2. The molecule has 184 valence electrons. The first-order valence-electron chi connectivity index (χ1n) is 11.7. The number of ether oxygens (including phenoxy) is 1. The van der Waals surface area contributed by atoms with E-state index in [1.807, 2.05) is 19.1 Å². The van der Waals surface area contributed by atoms with Gasteiger partial charge in [-0.2, -0.15) is 0 Å². The van der Waals surface area contributed by atoms with E-state index in [2.05, 4.69) is 0 Å². The van der Waals surface area contributed by atoms with E-state index in [0.29, 0.717) is 48.2 Å². The van der Waals surface area contributed by atoms with Crippen molar-refractivity contribution in [3.8, 4) is 11.1 Å². The lowest BCUT2D eigenvalue weighted by atomic mass is 9.94. The fourth-order valence-electron chi connectivity index (χ4n) is 4.65. The van der Waals surface area contributed by atoms with Crippen LogP contribution in [0.1, 0.15) is 32.3 Å². The molecule has 0 spiro atoms. The average molecular weight is 500 g/mol. The number of rotatable bonds is 6. The molecular weight excluding hydrogens is 473 g/mol. The number of nitrogens with zero attached hydrogens (tertiary/aromatic N) is 1. The fourth-order valence-corrected chi connectivity index (χ4v) is 4.92. The highest BCUT2D eigenvalue weighted by Gasteiger charge is 2.31. The maximum absolute atomic E-state index is 13.5. The summed E-state index contributed by atoms with van der Waals surface area (Å²) in [6.45, 7) is 4.94. The van der Waals surface area contributed by atoms with Crippen molar-refractivity contribution in [2.75, 3.05) is 19.7 Å². The number of carbonyl (C=O) groups excluding carboxylic acids is 2. The summed E-state index contributed by atoms with van der Waals surface area (Å²) in [7, 11) is 0. The normalized spacial score (nSPS) is 16.8. The van der Waals surface area contributed by atoms with Crippen molar-refractivity contribution in [2.24, 2.45) is 11.8 Å². The Morgan fingerprint density at radius 2 is 2.00 bits per heavy atom. The van der Waals surface area contributed by atoms with E-state index in [1.54, 1.807) is 17.9 Å². The molecule has 0 radical (unpaired) electrons. The Morgan fingerprint density at radius 3 is 2.74 bits per heavy atom. The second kappa shape index (κ2) is 10.6. The van der Waals surface area contributed by atoms with Crippen LogP contribution in [0.5, 0.6) is 0 Å². The highest BCUT2D eigenvalue weighted by Crippen LogP contribution is 2.33. The molecule has 0 N–H and O–H groups in total. The van der Waals surface area contributed by atoms with E-state index in [-0.39, 0.29) is 28.7 Å². The van der Waals surface area contributed by atoms with Crippen molar-refractivity contribution in [1.29, 1.82) is 0 Å². The van der Waals surface area contributed by atoms with E-state index in [0.717, 1.165) is 18.4 Å². The molecule has 3 aromatic rings. The lowest BCUT2D eigenvalue weighted by Gasteiger charge is -2.33. The number of amides is 1. The molecule has 1 aliphatic rings. The molecule has 1 fully saturated rings. The molecule has 2 aromatic carbocycles. The van der Waals surface area contributed by atoms with Gasteiger partial charge in [0.05, 0.1) is 17.5 Å². The summed E-state index contributed by atoms with van der Waals surface area (Å²) in [5, 5.41) is 0.858. The topological polar surface area (TPSA) is 76.8 Å². The van der Waals surface area contributed by atoms with E-state index in [1.165, 1.54) is 24.3 Å². The Balaban J connectivity index is 1.54. The van der Waals surface area contributed by atoms with Gasteiger partial charge in [0.2, 0.25) is 5.91 Å². The Morgan fingerprint density at radius 1 is 1.20 bits per heavy atom. The molecule has 1 aliphatic heterocycles. The van der Waals surface area contributed by atoms with Crippen LogP contribution in [0, 0.1) is 17.7 Å². The van der Waals surface area contributed by atoms with Crippen LogP contribution in [0.15, 0.2) is 51.7 Å². The van der Waals surface area contributed by atoms with Crippen LogP contribution in [-0.4, -0.2) is 36.5 Å². The standard InChI is InChI=1S/C27H27ClFNO5/c1-3-34-27(33)18-5-4-10-30(15-18)26(32)16(2)11-17-6-8-21-22(14-25(31)35-24(21)12-17)20-9-7-19(29)13-23(20)28/h6-9,12-14,16,18H,3-5,10-11,15H2,1-2H3/t16-,18+/m1/s1. The molecule has 1 aromatic heterocycles. The van der Waals surface area contributed by atoms with Crippen molar-refractivity contribution in [3.63, 3.8) is 0 Å². The number of hydrogen-bond acceptors (Lipinski definition) is 5. The van der Waals surface area contributed by atoms with Crippen molar-refractivity contribution in [3.05, 3.63) is 69.3 Å². The Kier molecular flexibility index (Phi) is 7.55. The second-order valence-electron chi connectivity index (χ2n) is 8.91. The number of hydrogen-bond donors (Lipinski definition) is 0. The number of likely N-dealkylation sites (tertiary alicyclic amines) is 1. The lowest BCUT2D eigenvalue weighted by Crippen LogP contribution is -2.45. The van der Waals surface area contributed by atoms with Crippen LogP contribution < -0.4 is 5.63 Å². The highest BCUT2D eigenvalue weighted by molar-refractivity contribution is 6.33. The van der Waals surface area contributed by atoms with E-state index in [4.69, 9.17) is 20.8 Å². The van der Waals surface area contributed by atoms with Gasteiger partial charge in [0.1, 0.15) is 11.4 Å². The monoisotopic (exact) mass is 499 g/mol. The van der Waals surface area contributed by atoms with Gasteiger partial charge >= 0.3 is 11.6 Å². The van der Waals surface area contributed by atoms with Crippen LogP contribution in [0.25, 0.3) is 22.1 Å². The average Bonchev–Trinajstić information content (AvgIpc) is 2.83. The van der Waals surface area contributed by atoms with Crippen LogP contribution in [-0.2, 0) is 20.7 Å². The Hall–Kier alpha value is -3.19. The van der Waals surface area contributed by atoms with Crippen molar-refractivity contribution >= 4 is 34.4 Å². The third kappa shape index (κ3) is 5.56. The summed E-state index contributed by atoms with van der Waals surface area (Å²) < 4.78 is 24.1. The van der Waals surface area contributed by atoms with Gasteiger partial charge in [-0.25, -0.2) is 9.18 Å². The zero-order valence-corrected chi connectivity index (χ0v) is 20.4. The summed E-state index contributed by atoms with van der Waals surface area (Å²) in [5.41, 5.74) is 1.74. The molecule has 0 bridgehead atoms. The van der Waals surface area contributed by atoms with Crippen LogP contribution in [0.4, 0.5) is 4.39 Å². The molecule has 1 amide bonds. The summed E-state index contributed by atoms with van der Waals surface area (Å²) in [4.78, 5) is 39.2. The molecular formula is C27H27ClFNO5. The van der Waals surface area contributed by atoms with Crippen molar-refractivity contribution in [2.45, 2.75) is 33.1 Å². The zero-order chi connectivity index (χ0) is 25.1. The maximum atomic E-state index is 13.5. The van der Waals surface area contributed by atoms with Crippen LogP contribution >= 0.6 is 11.6 Å². The molecule has 35 heavy (non-hydrogen) atoms. The molecule has 4 rings (SSSR count). The molecule has 0 saturated carbocycles. The summed E-state index contributed by atoms with van der Waals surface area (Å²) in [6.07, 6.45) is 1.93. The first kappa shape index (κ1) is 24.9. The molecule has 2 heterocycles. The number of esters is 1. The predicted molar refractivity (Wildman–Crippen MR) is 132 cm³/mol. The number of piperidine rings is 1. The quantitative estimate of drug-likeness (QED) is 0.343. The zero-order valence-electron chi connectivity index (χ0n) is 19.7. The second-order valence-corrected chi connectivity index (χ2v) is 9.32. The summed E-state index contributed by atoms with van der Waals surface area (Å²) in [5.74, 6) is -1.35. The van der Waals surface area contributed by atoms with Gasteiger partial charge in [-0.15, -0.1) is 0 Å². The van der Waals surface area contributed by atoms with E-state index < -0.39 is 11.4 Å². The van der Waals surface area contributed by atoms with Crippen molar-refractivity contribution in [1.82, 2.24) is 4.90 Å². The highest BCUT2D eigenvalue weighted by atomic mass is 35.5. The molecule has 1 saturated heterocycles. The first-order chi connectivity index (χ1) is 16.8. The largest absolute Gasteiger partial charge is 0.466 e. The molecule has 0 aliphatic carbocycles. The van der Waals surface area contributed by atoms with Crippen LogP contribution in [0.3, 0.4) is 0 Å². The van der Waals surface area contributed by atoms with Gasteiger partial charge in [-0.05, 0) is 56.0 Å². The molecule has 8 heteroatoms. The van der Waals surface area contributed by atoms with Gasteiger partial charge < -0.3 is 14.1 Å². The van der Waals surface area contributed by atoms with Gasteiger partial charge in [0, 0.05) is 41.6 Å². The third-order valence-electron chi connectivity index (χ3n) is 6.35.